The van der Waals surface area contributed by atoms with Gasteiger partial charge in [-0.05, 0) is 35.4 Å². The molecule has 5 nitrogen and oxygen atoms in total. The van der Waals surface area contributed by atoms with Crippen LogP contribution in [-0.4, -0.2) is 24.9 Å². The van der Waals surface area contributed by atoms with Gasteiger partial charge in [-0.25, -0.2) is 24.9 Å². The third kappa shape index (κ3) is 5.64. The van der Waals surface area contributed by atoms with E-state index in [0.29, 0.717) is 23.3 Å². The van der Waals surface area contributed by atoms with Crippen molar-refractivity contribution in [1.29, 1.82) is 0 Å². The molecule has 0 aliphatic rings. The van der Waals surface area contributed by atoms with Crippen molar-refractivity contribution in [2.75, 3.05) is 0 Å². The number of thiophene rings is 2. The molecule has 0 amide bonds. The van der Waals surface area contributed by atoms with Crippen LogP contribution < -0.4 is 0 Å². The van der Waals surface area contributed by atoms with Crippen molar-refractivity contribution >= 4 is 63.1 Å². The van der Waals surface area contributed by atoms with Gasteiger partial charge in [-0.2, -0.15) is 0 Å². The highest BCUT2D eigenvalue weighted by molar-refractivity contribution is 7.26. The first-order valence-electron chi connectivity index (χ1n) is 18.4. The Morgan fingerprint density at radius 3 is 1.66 bits per heavy atom. The van der Waals surface area contributed by atoms with Crippen LogP contribution in [0.2, 0.25) is 0 Å². The molecule has 0 unspecified atom stereocenters. The number of hydrogen-bond donors (Lipinski definition) is 0. The Labute approximate surface area is 330 Å². The summed E-state index contributed by atoms with van der Waals surface area (Å²) in [5.41, 5.74) is 9.14. The van der Waals surface area contributed by atoms with Crippen molar-refractivity contribution < 1.29 is 0 Å². The van der Waals surface area contributed by atoms with Crippen molar-refractivity contribution in [2.24, 2.45) is 0 Å². The smallest absolute Gasteiger partial charge is 0.164 e. The Balaban J connectivity index is 1.09. The van der Waals surface area contributed by atoms with E-state index >= 15 is 0 Å². The number of hydrogen-bond acceptors (Lipinski definition) is 7. The molecule has 0 fully saturated rings. The van der Waals surface area contributed by atoms with E-state index in [1.54, 1.807) is 22.7 Å². The highest BCUT2D eigenvalue weighted by Crippen LogP contribution is 2.44. The van der Waals surface area contributed by atoms with Crippen LogP contribution in [0.1, 0.15) is 0 Å². The Bertz CT molecular complexity index is 3190. The Hall–Kier alpha value is -6.93. The van der Waals surface area contributed by atoms with E-state index in [4.69, 9.17) is 24.9 Å². The lowest BCUT2D eigenvalue weighted by Gasteiger charge is -2.10. The van der Waals surface area contributed by atoms with E-state index in [9.17, 15) is 0 Å². The van der Waals surface area contributed by atoms with Crippen molar-refractivity contribution in [1.82, 2.24) is 24.9 Å². The molecule has 0 atom stereocenters. The minimum Gasteiger partial charge on any atom is -0.226 e. The third-order valence-corrected chi connectivity index (χ3v) is 12.4. The van der Waals surface area contributed by atoms with Gasteiger partial charge in [0.25, 0.3) is 0 Å². The Morgan fingerprint density at radius 1 is 0.321 bits per heavy atom. The van der Waals surface area contributed by atoms with Crippen LogP contribution in [0.5, 0.6) is 0 Å². The average Bonchev–Trinajstić information content (AvgIpc) is 3.85. The van der Waals surface area contributed by atoms with E-state index in [1.165, 1.54) is 14.1 Å². The van der Waals surface area contributed by atoms with Gasteiger partial charge < -0.3 is 0 Å². The lowest BCUT2D eigenvalue weighted by atomic mass is 10.0. The highest BCUT2D eigenvalue weighted by Gasteiger charge is 2.20. The van der Waals surface area contributed by atoms with Crippen molar-refractivity contribution in [3.8, 4) is 67.9 Å². The fourth-order valence-electron chi connectivity index (χ4n) is 7.47. The SMILES string of the molecule is c1ccc(-c2cccc(-c3nc(-c4ccc5c(c4)sc4cccc(-c6nc(-c7ccccc7)nc(-c7ccccc7)n6)c45)c4sc5ccccc5c4n3)c2)cc1. The van der Waals surface area contributed by atoms with Gasteiger partial charge in [-0.1, -0.05) is 152 Å². The van der Waals surface area contributed by atoms with Crippen LogP contribution in [0.3, 0.4) is 0 Å². The van der Waals surface area contributed by atoms with Crippen LogP contribution in [0.4, 0.5) is 0 Å². The average molecular weight is 752 g/mol. The van der Waals surface area contributed by atoms with Crippen molar-refractivity contribution in [2.45, 2.75) is 0 Å². The van der Waals surface area contributed by atoms with E-state index in [2.05, 4.69) is 109 Å². The van der Waals surface area contributed by atoms with Gasteiger partial charge in [0.1, 0.15) is 0 Å². The van der Waals surface area contributed by atoms with Gasteiger partial charge >= 0.3 is 0 Å². The largest absolute Gasteiger partial charge is 0.226 e. The van der Waals surface area contributed by atoms with Crippen molar-refractivity contribution in [3.63, 3.8) is 0 Å². The lowest BCUT2D eigenvalue weighted by Crippen LogP contribution is -2.00. The molecule has 56 heavy (non-hydrogen) atoms. The van der Waals surface area contributed by atoms with Crippen LogP contribution in [0, 0.1) is 0 Å². The molecular formula is C49H29N5S2. The Morgan fingerprint density at radius 2 is 0.911 bits per heavy atom. The normalized spacial score (nSPS) is 11.6. The third-order valence-electron chi connectivity index (χ3n) is 10.2. The second-order valence-electron chi connectivity index (χ2n) is 13.6. The summed E-state index contributed by atoms with van der Waals surface area (Å²) in [4.78, 5) is 25.7. The molecule has 11 aromatic rings. The summed E-state index contributed by atoms with van der Waals surface area (Å²) in [7, 11) is 0. The van der Waals surface area contributed by atoms with Crippen molar-refractivity contribution in [3.05, 3.63) is 176 Å². The molecule has 0 aliphatic carbocycles. The molecular weight excluding hydrogens is 723 g/mol. The second kappa shape index (κ2) is 13.4. The molecule has 262 valence electrons. The van der Waals surface area contributed by atoms with Crippen LogP contribution in [0.25, 0.3) is 108 Å². The summed E-state index contributed by atoms with van der Waals surface area (Å²) < 4.78 is 4.63. The summed E-state index contributed by atoms with van der Waals surface area (Å²) in [6.45, 7) is 0. The maximum Gasteiger partial charge on any atom is 0.164 e. The van der Waals surface area contributed by atoms with Gasteiger partial charge in [0.2, 0.25) is 0 Å². The summed E-state index contributed by atoms with van der Waals surface area (Å²) in [6, 6.07) is 60.9. The summed E-state index contributed by atoms with van der Waals surface area (Å²) >= 11 is 3.53. The summed E-state index contributed by atoms with van der Waals surface area (Å²) in [5, 5.41) is 3.44. The second-order valence-corrected chi connectivity index (χ2v) is 15.8. The van der Waals surface area contributed by atoms with Gasteiger partial charge in [0.05, 0.1) is 15.9 Å². The summed E-state index contributed by atoms with van der Waals surface area (Å²) in [5.74, 6) is 2.66. The number of fused-ring (bicyclic) bond motifs is 6. The van der Waals surface area contributed by atoms with Gasteiger partial charge in [0, 0.05) is 58.1 Å². The maximum absolute atomic E-state index is 5.35. The maximum atomic E-state index is 5.35. The molecule has 0 bridgehead atoms. The number of benzene rings is 7. The fourth-order valence-corrected chi connectivity index (χ4v) is 9.80. The molecule has 0 saturated heterocycles. The first kappa shape index (κ1) is 32.5. The first-order valence-corrected chi connectivity index (χ1v) is 20.0. The van der Waals surface area contributed by atoms with E-state index in [-0.39, 0.29) is 0 Å². The minimum absolute atomic E-state index is 0.648. The van der Waals surface area contributed by atoms with Crippen LogP contribution in [0.15, 0.2) is 176 Å². The minimum atomic E-state index is 0.648. The van der Waals surface area contributed by atoms with Gasteiger partial charge in [0.15, 0.2) is 23.3 Å². The van der Waals surface area contributed by atoms with E-state index in [0.717, 1.165) is 71.0 Å². The quantitative estimate of drug-likeness (QED) is 0.169. The highest BCUT2D eigenvalue weighted by atomic mass is 32.1. The molecule has 0 aliphatic heterocycles. The predicted molar refractivity (Wildman–Crippen MR) is 234 cm³/mol. The molecule has 7 aromatic carbocycles. The lowest BCUT2D eigenvalue weighted by molar-refractivity contribution is 1.08. The topological polar surface area (TPSA) is 64.5 Å². The van der Waals surface area contributed by atoms with E-state index < -0.39 is 0 Å². The molecule has 0 radical (unpaired) electrons. The molecule has 11 rings (SSSR count). The molecule has 4 heterocycles. The zero-order chi connectivity index (χ0) is 37.0. The molecule has 0 spiro atoms. The zero-order valence-electron chi connectivity index (χ0n) is 29.8. The number of nitrogens with zero attached hydrogens (tertiary/aromatic N) is 5. The Kier molecular flexibility index (Phi) is 7.79. The van der Waals surface area contributed by atoms with Crippen LogP contribution in [-0.2, 0) is 0 Å². The molecule has 0 saturated carbocycles. The monoisotopic (exact) mass is 751 g/mol. The fraction of sp³-hybridized carbons (Fsp3) is 0. The first-order chi connectivity index (χ1) is 27.7. The standard InChI is InChI=1S/C49H29N5S2/c1-4-14-30(15-5-1)33-20-12-21-35(28-33)48-50-43(45-44(51-48)37-22-10-11-24-39(37)56-45)34-26-27-36-41(29-34)55-40-25-13-23-38(42(36)40)49-53-46(31-16-6-2-7-17-31)52-47(54-49)32-18-8-3-9-19-32/h1-29H. The molecule has 4 aromatic heterocycles. The summed E-state index contributed by atoms with van der Waals surface area (Å²) in [6.07, 6.45) is 0. The van der Waals surface area contributed by atoms with Gasteiger partial charge in [-0.3, -0.25) is 0 Å². The molecule has 0 N–H and O–H groups in total. The van der Waals surface area contributed by atoms with E-state index in [1.807, 2.05) is 66.7 Å². The van der Waals surface area contributed by atoms with Crippen LogP contribution >= 0.6 is 22.7 Å². The predicted octanol–water partition coefficient (Wildman–Crippen LogP) is 13.4. The number of aromatic nitrogens is 5. The molecule has 7 heteroatoms. The zero-order valence-corrected chi connectivity index (χ0v) is 31.4. The number of rotatable bonds is 6. The van der Waals surface area contributed by atoms with Gasteiger partial charge in [-0.15, -0.1) is 22.7 Å².